The molecule has 1 N–H and O–H groups in total. The lowest BCUT2D eigenvalue weighted by Crippen LogP contribution is -2.26. The molecule has 8 heteroatoms. The van der Waals surface area contributed by atoms with E-state index < -0.39 is 22.4 Å². The number of nitro groups is 1. The standard InChI is InChI=1S/C13H17F3N2O3/c1-3-4-9(8-21-2)17-12-6-5-10(18(19)20)7-11(12)13(14,15)16/h5-7,9,17H,3-4,8H2,1-2H3. The van der Waals surface area contributed by atoms with Crippen LogP contribution < -0.4 is 5.32 Å². The zero-order chi connectivity index (χ0) is 16.0. The van der Waals surface area contributed by atoms with Crippen molar-refractivity contribution in [2.75, 3.05) is 19.0 Å². The highest BCUT2D eigenvalue weighted by molar-refractivity contribution is 5.57. The number of alkyl halides is 3. The maximum Gasteiger partial charge on any atom is 0.418 e. The number of anilines is 1. The van der Waals surface area contributed by atoms with Crippen molar-refractivity contribution in [3.8, 4) is 0 Å². The summed E-state index contributed by atoms with van der Waals surface area (Å²) in [6.45, 7) is 2.16. The van der Waals surface area contributed by atoms with Gasteiger partial charge in [0.25, 0.3) is 5.69 Å². The van der Waals surface area contributed by atoms with Crippen molar-refractivity contribution < 1.29 is 22.8 Å². The fourth-order valence-electron chi connectivity index (χ4n) is 1.97. The molecule has 118 valence electrons. The lowest BCUT2D eigenvalue weighted by Gasteiger charge is -2.21. The Morgan fingerprint density at radius 2 is 2.10 bits per heavy atom. The summed E-state index contributed by atoms with van der Waals surface area (Å²) in [6, 6.07) is 2.38. The SMILES string of the molecule is CCCC(COC)Nc1ccc([N+](=O)[O-])cc1C(F)(F)F. The summed E-state index contributed by atoms with van der Waals surface area (Å²) >= 11 is 0. The predicted octanol–water partition coefficient (Wildman–Crippen LogP) is 3.84. The van der Waals surface area contributed by atoms with Crippen molar-refractivity contribution in [2.24, 2.45) is 0 Å². The molecule has 0 aromatic heterocycles. The summed E-state index contributed by atoms with van der Waals surface area (Å²) in [5.41, 5.74) is -1.82. The molecule has 1 rings (SSSR count). The molecule has 5 nitrogen and oxygen atoms in total. The summed E-state index contributed by atoms with van der Waals surface area (Å²) in [7, 11) is 1.46. The highest BCUT2D eigenvalue weighted by Crippen LogP contribution is 2.37. The third-order valence-electron chi connectivity index (χ3n) is 2.88. The molecule has 0 saturated carbocycles. The van der Waals surface area contributed by atoms with Gasteiger partial charge in [-0.1, -0.05) is 13.3 Å². The van der Waals surface area contributed by atoms with Crippen LogP contribution in [0.3, 0.4) is 0 Å². The molecule has 21 heavy (non-hydrogen) atoms. The summed E-state index contributed by atoms with van der Waals surface area (Å²) < 4.78 is 44.0. The van der Waals surface area contributed by atoms with Gasteiger partial charge in [-0.15, -0.1) is 0 Å². The van der Waals surface area contributed by atoms with E-state index in [2.05, 4.69) is 5.32 Å². The van der Waals surface area contributed by atoms with Gasteiger partial charge in [0.2, 0.25) is 0 Å². The molecule has 0 spiro atoms. The Balaban J connectivity index is 3.13. The van der Waals surface area contributed by atoms with Crippen molar-refractivity contribution in [3.05, 3.63) is 33.9 Å². The largest absolute Gasteiger partial charge is 0.418 e. The first-order chi connectivity index (χ1) is 9.79. The van der Waals surface area contributed by atoms with Crippen LogP contribution in [0, 0.1) is 10.1 Å². The van der Waals surface area contributed by atoms with Gasteiger partial charge in [0, 0.05) is 31.0 Å². The molecular weight excluding hydrogens is 289 g/mol. The topological polar surface area (TPSA) is 64.4 Å². The smallest absolute Gasteiger partial charge is 0.383 e. The van der Waals surface area contributed by atoms with Gasteiger partial charge in [0.1, 0.15) is 0 Å². The first kappa shape index (κ1) is 17.2. The Kier molecular flexibility index (Phi) is 5.95. The first-order valence-electron chi connectivity index (χ1n) is 6.40. The van der Waals surface area contributed by atoms with Crippen molar-refractivity contribution in [3.63, 3.8) is 0 Å². The van der Waals surface area contributed by atoms with Crippen LogP contribution in [0.25, 0.3) is 0 Å². The van der Waals surface area contributed by atoms with E-state index in [0.29, 0.717) is 12.5 Å². The van der Waals surface area contributed by atoms with Crippen LogP contribution >= 0.6 is 0 Å². The van der Waals surface area contributed by atoms with Gasteiger partial charge < -0.3 is 10.1 Å². The molecule has 0 fully saturated rings. The minimum Gasteiger partial charge on any atom is -0.383 e. The van der Waals surface area contributed by atoms with Gasteiger partial charge in [-0.05, 0) is 12.5 Å². The van der Waals surface area contributed by atoms with Crippen LogP contribution in [-0.4, -0.2) is 24.7 Å². The molecule has 1 aromatic rings. The molecule has 0 saturated heterocycles. The summed E-state index contributed by atoms with van der Waals surface area (Å²) in [4.78, 5) is 9.77. The van der Waals surface area contributed by atoms with Crippen LogP contribution in [0.2, 0.25) is 0 Å². The number of nitrogens with one attached hydrogen (secondary N) is 1. The molecule has 1 atom stereocenters. The van der Waals surface area contributed by atoms with Crippen LogP contribution in [0.15, 0.2) is 18.2 Å². The number of hydrogen-bond acceptors (Lipinski definition) is 4. The van der Waals surface area contributed by atoms with Crippen LogP contribution in [0.5, 0.6) is 0 Å². The first-order valence-corrected chi connectivity index (χ1v) is 6.40. The molecule has 0 aliphatic carbocycles. The van der Waals surface area contributed by atoms with Crippen molar-refractivity contribution in [2.45, 2.75) is 32.0 Å². The molecule has 1 aromatic carbocycles. The number of nitrogens with zero attached hydrogens (tertiary/aromatic N) is 1. The number of rotatable bonds is 7. The Morgan fingerprint density at radius 1 is 1.43 bits per heavy atom. The Hall–Kier alpha value is -1.83. The van der Waals surface area contributed by atoms with E-state index in [0.717, 1.165) is 18.6 Å². The van der Waals surface area contributed by atoms with Crippen LogP contribution in [-0.2, 0) is 10.9 Å². The van der Waals surface area contributed by atoms with Crippen LogP contribution in [0.1, 0.15) is 25.3 Å². The average molecular weight is 306 g/mol. The molecule has 0 aliphatic rings. The van der Waals surface area contributed by atoms with Gasteiger partial charge in [0.05, 0.1) is 17.1 Å². The number of halogens is 3. The molecule has 0 bridgehead atoms. The van der Waals surface area contributed by atoms with Gasteiger partial charge in [-0.25, -0.2) is 0 Å². The van der Waals surface area contributed by atoms with Crippen molar-refractivity contribution >= 4 is 11.4 Å². The van der Waals surface area contributed by atoms with Gasteiger partial charge in [0.15, 0.2) is 0 Å². The lowest BCUT2D eigenvalue weighted by molar-refractivity contribution is -0.385. The van der Waals surface area contributed by atoms with E-state index in [1.807, 2.05) is 6.92 Å². The normalized spacial score (nSPS) is 13.0. The van der Waals surface area contributed by atoms with Crippen molar-refractivity contribution in [1.82, 2.24) is 0 Å². The predicted molar refractivity (Wildman–Crippen MR) is 72.3 cm³/mol. The van der Waals surface area contributed by atoms with E-state index in [1.165, 1.54) is 7.11 Å². The Morgan fingerprint density at radius 3 is 2.57 bits per heavy atom. The van der Waals surface area contributed by atoms with E-state index in [4.69, 9.17) is 4.74 Å². The maximum absolute atomic E-state index is 13.0. The lowest BCUT2D eigenvalue weighted by atomic mass is 10.1. The highest BCUT2D eigenvalue weighted by atomic mass is 19.4. The second-order valence-electron chi connectivity index (χ2n) is 4.57. The number of hydrogen-bond donors (Lipinski definition) is 1. The number of non-ortho nitro benzene ring substituents is 1. The monoisotopic (exact) mass is 306 g/mol. The second kappa shape index (κ2) is 7.26. The van der Waals surface area contributed by atoms with E-state index in [1.54, 1.807) is 0 Å². The zero-order valence-electron chi connectivity index (χ0n) is 11.7. The quantitative estimate of drug-likeness (QED) is 0.614. The summed E-state index contributed by atoms with van der Waals surface area (Å²) in [5, 5.41) is 13.4. The third kappa shape index (κ3) is 4.89. The average Bonchev–Trinajstić information content (AvgIpc) is 2.38. The molecule has 0 amide bonds. The number of benzene rings is 1. The van der Waals surface area contributed by atoms with E-state index in [9.17, 15) is 23.3 Å². The van der Waals surface area contributed by atoms with Gasteiger partial charge >= 0.3 is 6.18 Å². The highest BCUT2D eigenvalue weighted by Gasteiger charge is 2.35. The fourth-order valence-corrected chi connectivity index (χ4v) is 1.97. The van der Waals surface area contributed by atoms with Crippen molar-refractivity contribution in [1.29, 1.82) is 0 Å². The number of nitro benzene ring substituents is 1. The molecular formula is C13H17F3N2O3. The Labute approximate surface area is 120 Å². The van der Waals surface area contributed by atoms with E-state index in [-0.39, 0.29) is 18.3 Å². The fraction of sp³-hybridized carbons (Fsp3) is 0.538. The van der Waals surface area contributed by atoms with Crippen LogP contribution in [0.4, 0.5) is 24.5 Å². The third-order valence-corrected chi connectivity index (χ3v) is 2.88. The van der Waals surface area contributed by atoms with E-state index >= 15 is 0 Å². The minimum atomic E-state index is -4.67. The molecule has 0 aliphatic heterocycles. The zero-order valence-corrected chi connectivity index (χ0v) is 11.7. The molecule has 0 radical (unpaired) electrons. The second-order valence-corrected chi connectivity index (χ2v) is 4.57. The molecule has 1 unspecified atom stereocenters. The summed E-state index contributed by atoms with van der Waals surface area (Å²) in [5.74, 6) is 0. The Bertz CT molecular complexity index is 486. The molecule has 0 heterocycles. The number of methoxy groups -OCH3 is 1. The summed E-state index contributed by atoms with van der Waals surface area (Å²) in [6.07, 6.45) is -3.27. The maximum atomic E-state index is 13.0. The number of ether oxygens (including phenoxy) is 1. The van der Waals surface area contributed by atoms with Gasteiger partial charge in [-0.2, -0.15) is 13.2 Å². The van der Waals surface area contributed by atoms with Gasteiger partial charge in [-0.3, -0.25) is 10.1 Å². The minimum absolute atomic E-state index is 0.177.